The average molecular weight is 545 g/mol. The van der Waals surface area contributed by atoms with Crippen LogP contribution in [0.25, 0.3) is 17.2 Å². The van der Waals surface area contributed by atoms with Crippen LogP contribution in [0.2, 0.25) is 0 Å². The van der Waals surface area contributed by atoms with Crippen molar-refractivity contribution in [3.63, 3.8) is 0 Å². The molecule has 0 radical (unpaired) electrons. The van der Waals surface area contributed by atoms with E-state index >= 15 is 0 Å². The number of likely N-dealkylation sites (tertiary alicyclic amines) is 1. The van der Waals surface area contributed by atoms with Crippen LogP contribution in [0.4, 0.5) is 4.39 Å². The van der Waals surface area contributed by atoms with Gasteiger partial charge in [0, 0.05) is 23.4 Å². The zero-order valence-electron chi connectivity index (χ0n) is 22.2. The van der Waals surface area contributed by atoms with Crippen LogP contribution in [0.3, 0.4) is 0 Å². The van der Waals surface area contributed by atoms with Gasteiger partial charge < -0.3 is 10.1 Å². The number of hydrogen-bond acceptors (Lipinski definition) is 6. The van der Waals surface area contributed by atoms with Gasteiger partial charge in [-0.3, -0.25) is 9.69 Å². The molecule has 2 aromatic carbocycles. The zero-order chi connectivity index (χ0) is 26.9. The minimum atomic E-state index is -0.745. The van der Waals surface area contributed by atoms with Gasteiger partial charge in [-0.05, 0) is 93.0 Å². The lowest BCUT2D eigenvalue weighted by molar-refractivity contribution is -0.149. The van der Waals surface area contributed by atoms with E-state index in [1.165, 1.54) is 12.1 Å². The van der Waals surface area contributed by atoms with E-state index in [1.54, 1.807) is 43.8 Å². The first kappa shape index (κ1) is 29.3. The topological polar surface area (TPSA) is 58.6 Å². The van der Waals surface area contributed by atoms with Crippen molar-refractivity contribution in [1.82, 2.24) is 10.2 Å². The average Bonchev–Trinajstić information content (AvgIpc) is 3.24. The van der Waals surface area contributed by atoms with Gasteiger partial charge in [0.05, 0.1) is 6.10 Å². The highest BCUT2D eigenvalue weighted by atomic mass is 32.2. The predicted octanol–water partition coefficient (Wildman–Crippen LogP) is 5.74. The lowest BCUT2D eigenvalue weighted by atomic mass is 9.96. The van der Waals surface area contributed by atoms with Crippen molar-refractivity contribution in [2.24, 2.45) is 0 Å². The Morgan fingerprint density at radius 1 is 1.19 bits per heavy atom. The third-order valence-electron chi connectivity index (χ3n) is 6.40. The number of likely N-dealkylation sites (N-methyl/N-ethyl adjacent to an activating group) is 1. The third-order valence-corrected chi connectivity index (χ3v) is 8.05. The fourth-order valence-electron chi connectivity index (χ4n) is 4.37. The van der Waals surface area contributed by atoms with E-state index in [9.17, 15) is 14.0 Å². The molecule has 1 aliphatic rings. The molecule has 1 fully saturated rings. The minimum absolute atomic E-state index is 0.271. The van der Waals surface area contributed by atoms with E-state index in [0.29, 0.717) is 34.6 Å². The van der Waals surface area contributed by atoms with Crippen molar-refractivity contribution in [3.8, 4) is 11.1 Å². The standard InChI is InChI=1S/C29H37FN2O3S2/c1-19(2)35-29(34)27(14-15-36-4)31-28(33)25-13-7-20(6-12-23-17-24(37-5)18-32(23)3)16-26(25)21-8-10-22(30)11-9-21/h6-13,16,19,23-24,27H,14-15,17-18H2,1-5H3,(H,31,33)/b12-6+. The molecule has 200 valence electrons. The monoisotopic (exact) mass is 544 g/mol. The quantitative estimate of drug-likeness (QED) is 0.364. The molecule has 3 unspecified atom stereocenters. The number of hydrogen-bond donors (Lipinski definition) is 1. The first-order valence-corrected chi connectivity index (χ1v) is 15.2. The van der Waals surface area contributed by atoms with E-state index in [2.05, 4.69) is 35.7 Å². The molecule has 1 saturated heterocycles. The van der Waals surface area contributed by atoms with Crippen LogP contribution in [-0.2, 0) is 9.53 Å². The van der Waals surface area contributed by atoms with Gasteiger partial charge in [-0.2, -0.15) is 23.5 Å². The molecule has 1 aliphatic heterocycles. The van der Waals surface area contributed by atoms with Gasteiger partial charge in [0.2, 0.25) is 0 Å². The van der Waals surface area contributed by atoms with Crippen molar-refractivity contribution in [2.75, 3.05) is 31.9 Å². The number of esters is 1. The largest absolute Gasteiger partial charge is 0.461 e. The van der Waals surface area contributed by atoms with Crippen LogP contribution in [0.5, 0.6) is 0 Å². The van der Waals surface area contributed by atoms with Gasteiger partial charge >= 0.3 is 5.97 Å². The van der Waals surface area contributed by atoms with Crippen LogP contribution >= 0.6 is 23.5 Å². The van der Waals surface area contributed by atoms with Gasteiger partial charge in [0.15, 0.2) is 0 Å². The maximum absolute atomic E-state index is 13.7. The number of carbonyl (C=O) groups excluding carboxylic acids is 2. The summed E-state index contributed by atoms with van der Waals surface area (Å²) in [5.41, 5.74) is 2.79. The number of ether oxygens (including phenoxy) is 1. The van der Waals surface area contributed by atoms with Crippen molar-refractivity contribution < 1.29 is 18.7 Å². The Balaban J connectivity index is 1.90. The second-order valence-electron chi connectivity index (χ2n) is 9.56. The second-order valence-corrected chi connectivity index (χ2v) is 11.7. The highest BCUT2D eigenvalue weighted by molar-refractivity contribution is 7.99. The minimum Gasteiger partial charge on any atom is -0.461 e. The molecule has 1 heterocycles. The fourth-order valence-corrected chi connectivity index (χ4v) is 5.61. The van der Waals surface area contributed by atoms with Crippen molar-refractivity contribution in [1.29, 1.82) is 0 Å². The Labute approximate surface area is 228 Å². The molecule has 0 bridgehead atoms. The zero-order valence-corrected chi connectivity index (χ0v) is 23.8. The Kier molecular flexibility index (Phi) is 11.1. The predicted molar refractivity (Wildman–Crippen MR) is 155 cm³/mol. The number of amides is 1. The molecule has 2 aromatic rings. The smallest absolute Gasteiger partial charge is 0.328 e. The fraction of sp³-hybridized carbons (Fsp3) is 0.448. The Morgan fingerprint density at radius 2 is 1.92 bits per heavy atom. The summed E-state index contributed by atoms with van der Waals surface area (Å²) in [6.45, 7) is 4.64. The van der Waals surface area contributed by atoms with Gasteiger partial charge in [-0.15, -0.1) is 0 Å². The molecule has 37 heavy (non-hydrogen) atoms. The van der Waals surface area contributed by atoms with Crippen LogP contribution < -0.4 is 5.32 Å². The first-order valence-electron chi connectivity index (χ1n) is 12.5. The maximum atomic E-state index is 13.7. The third kappa shape index (κ3) is 8.35. The summed E-state index contributed by atoms with van der Waals surface area (Å²) in [4.78, 5) is 28.4. The molecule has 8 heteroatoms. The molecular weight excluding hydrogens is 507 g/mol. The van der Waals surface area contributed by atoms with Gasteiger partial charge in [-0.25, -0.2) is 9.18 Å². The molecule has 0 saturated carbocycles. The number of nitrogens with zero attached hydrogens (tertiary/aromatic N) is 1. The molecule has 0 aliphatic carbocycles. The maximum Gasteiger partial charge on any atom is 0.328 e. The summed E-state index contributed by atoms with van der Waals surface area (Å²) in [5.74, 6) is -0.434. The lowest BCUT2D eigenvalue weighted by Gasteiger charge is -2.20. The molecule has 3 rings (SSSR count). The number of halogens is 1. The second kappa shape index (κ2) is 14.0. The Morgan fingerprint density at radius 3 is 2.54 bits per heavy atom. The first-order chi connectivity index (χ1) is 17.7. The summed E-state index contributed by atoms with van der Waals surface area (Å²) in [7, 11) is 2.14. The van der Waals surface area contributed by atoms with E-state index in [-0.39, 0.29) is 17.8 Å². The number of benzene rings is 2. The number of carbonyl (C=O) groups is 2. The van der Waals surface area contributed by atoms with Crippen LogP contribution in [0.15, 0.2) is 48.5 Å². The van der Waals surface area contributed by atoms with Crippen LogP contribution in [0.1, 0.15) is 42.6 Å². The highest BCUT2D eigenvalue weighted by Gasteiger charge is 2.27. The SMILES string of the molecule is CSCCC(NC(=O)c1ccc(/C=C/C2CC(SC)CN2C)cc1-c1ccc(F)cc1)C(=O)OC(C)C. The molecule has 0 spiro atoms. The number of nitrogens with one attached hydrogen (secondary N) is 1. The van der Waals surface area contributed by atoms with E-state index in [4.69, 9.17) is 4.74 Å². The number of rotatable bonds is 11. The molecule has 0 aromatic heterocycles. The van der Waals surface area contributed by atoms with E-state index in [1.807, 2.05) is 30.2 Å². The van der Waals surface area contributed by atoms with Crippen LogP contribution in [-0.4, -0.2) is 72.1 Å². The van der Waals surface area contributed by atoms with Gasteiger partial charge in [0.1, 0.15) is 11.9 Å². The summed E-state index contributed by atoms with van der Waals surface area (Å²) in [6, 6.07) is 11.3. The van der Waals surface area contributed by atoms with Crippen LogP contribution in [0, 0.1) is 5.82 Å². The van der Waals surface area contributed by atoms with Gasteiger partial charge in [-0.1, -0.05) is 30.4 Å². The molecule has 5 nitrogen and oxygen atoms in total. The molecule has 1 amide bonds. The summed E-state index contributed by atoms with van der Waals surface area (Å²) < 4.78 is 19.0. The summed E-state index contributed by atoms with van der Waals surface area (Å²) >= 11 is 3.50. The normalized spacial score (nSPS) is 18.9. The van der Waals surface area contributed by atoms with E-state index < -0.39 is 12.0 Å². The van der Waals surface area contributed by atoms with Crippen molar-refractivity contribution in [2.45, 2.75) is 50.1 Å². The lowest BCUT2D eigenvalue weighted by Crippen LogP contribution is -2.43. The van der Waals surface area contributed by atoms with E-state index in [0.717, 1.165) is 24.1 Å². The summed E-state index contributed by atoms with van der Waals surface area (Å²) in [5, 5.41) is 3.51. The van der Waals surface area contributed by atoms with Crippen molar-refractivity contribution >= 4 is 41.5 Å². The Hall–Kier alpha value is -2.29. The highest BCUT2D eigenvalue weighted by Crippen LogP contribution is 2.29. The van der Waals surface area contributed by atoms with Gasteiger partial charge in [0.25, 0.3) is 5.91 Å². The molecule has 3 atom stereocenters. The number of thioether (sulfide) groups is 2. The van der Waals surface area contributed by atoms with Crippen molar-refractivity contribution in [3.05, 3.63) is 65.5 Å². The molecular formula is C29H37FN2O3S2. The molecule has 1 N–H and O–H groups in total. The Bertz CT molecular complexity index is 1090. The summed E-state index contributed by atoms with van der Waals surface area (Å²) in [6.07, 6.45) is 9.70.